The first-order valence-electron chi connectivity index (χ1n) is 5.66. The van der Waals surface area contributed by atoms with Crippen molar-refractivity contribution in [3.8, 4) is 5.75 Å². The summed E-state index contributed by atoms with van der Waals surface area (Å²) in [7, 11) is 0. The van der Waals surface area contributed by atoms with Gasteiger partial charge in [0.05, 0.1) is 10.5 Å². The van der Waals surface area contributed by atoms with Crippen LogP contribution in [-0.4, -0.2) is 16.0 Å². The van der Waals surface area contributed by atoms with Gasteiger partial charge in [0.1, 0.15) is 24.4 Å². The largest absolute Gasteiger partial charge is 0.485 e. The summed E-state index contributed by atoms with van der Waals surface area (Å²) >= 11 is 0. The molecule has 0 fully saturated rings. The molecule has 0 atom stereocenters. The van der Waals surface area contributed by atoms with Crippen LogP contribution in [0.5, 0.6) is 5.75 Å². The lowest BCUT2D eigenvalue weighted by molar-refractivity contribution is -0.384. The molecule has 0 saturated heterocycles. The number of nitro benzene ring substituents is 1. The summed E-state index contributed by atoms with van der Waals surface area (Å²) in [6.45, 7) is 1.74. The highest BCUT2D eigenvalue weighted by Gasteiger charge is 2.11. The monoisotopic (exact) mass is 277 g/mol. The van der Waals surface area contributed by atoms with E-state index in [0.717, 1.165) is 6.26 Å². The van der Waals surface area contributed by atoms with E-state index in [2.05, 4.69) is 0 Å². The van der Waals surface area contributed by atoms with Crippen LogP contribution in [0.3, 0.4) is 0 Å². The molecular formula is C13H11NO6. The molecule has 0 saturated carbocycles. The summed E-state index contributed by atoms with van der Waals surface area (Å²) in [6, 6.07) is 5.60. The highest BCUT2D eigenvalue weighted by Crippen LogP contribution is 2.24. The van der Waals surface area contributed by atoms with Crippen LogP contribution in [0.4, 0.5) is 5.69 Å². The quantitative estimate of drug-likeness (QED) is 0.665. The number of ether oxygens (including phenoxy) is 1. The first-order chi connectivity index (χ1) is 9.47. The number of hydrogen-bond donors (Lipinski definition) is 1. The SMILES string of the molecule is Cc1cc([N+](=O)[O-])ccc1OCc1cc(C(=O)O)co1. The number of rotatable bonds is 5. The Hall–Kier alpha value is -2.83. The van der Waals surface area contributed by atoms with Gasteiger partial charge < -0.3 is 14.3 Å². The van der Waals surface area contributed by atoms with Crippen LogP contribution < -0.4 is 4.74 Å². The van der Waals surface area contributed by atoms with Crippen LogP contribution in [0.25, 0.3) is 0 Å². The number of carboxylic acid groups (broad SMARTS) is 1. The van der Waals surface area contributed by atoms with Gasteiger partial charge in [-0.25, -0.2) is 4.79 Å². The number of carboxylic acids is 1. The smallest absolute Gasteiger partial charge is 0.338 e. The lowest BCUT2D eigenvalue weighted by Crippen LogP contribution is -1.97. The van der Waals surface area contributed by atoms with E-state index in [1.165, 1.54) is 24.3 Å². The third-order valence-corrected chi connectivity index (χ3v) is 2.64. The van der Waals surface area contributed by atoms with Gasteiger partial charge in [-0.1, -0.05) is 0 Å². The van der Waals surface area contributed by atoms with Gasteiger partial charge in [0.25, 0.3) is 5.69 Å². The van der Waals surface area contributed by atoms with Gasteiger partial charge in [-0.05, 0) is 24.6 Å². The van der Waals surface area contributed by atoms with Gasteiger partial charge in [0.2, 0.25) is 0 Å². The van der Waals surface area contributed by atoms with Crippen LogP contribution in [-0.2, 0) is 6.61 Å². The van der Waals surface area contributed by atoms with Crippen molar-refractivity contribution < 1.29 is 24.0 Å². The zero-order valence-corrected chi connectivity index (χ0v) is 10.5. The molecule has 0 unspecified atom stereocenters. The summed E-state index contributed by atoms with van der Waals surface area (Å²) in [5.74, 6) is -0.240. The molecule has 104 valence electrons. The van der Waals surface area contributed by atoms with Crippen LogP contribution >= 0.6 is 0 Å². The minimum Gasteiger partial charge on any atom is -0.485 e. The minimum atomic E-state index is -1.08. The number of aromatic carboxylic acids is 1. The minimum absolute atomic E-state index is 0.0130. The third kappa shape index (κ3) is 2.94. The molecule has 2 aromatic rings. The molecule has 7 heteroatoms. The fourth-order valence-corrected chi connectivity index (χ4v) is 1.63. The van der Waals surface area contributed by atoms with E-state index in [4.69, 9.17) is 14.3 Å². The van der Waals surface area contributed by atoms with E-state index in [1.54, 1.807) is 6.92 Å². The Labute approximate surface area is 113 Å². The maximum absolute atomic E-state index is 10.7. The summed E-state index contributed by atoms with van der Waals surface area (Å²) < 4.78 is 10.5. The second-order valence-electron chi connectivity index (χ2n) is 4.10. The Morgan fingerprint density at radius 2 is 2.20 bits per heavy atom. The van der Waals surface area contributed by atoms with Crippen molar-refractivity contribution in [2.24, 2.45) is 0 Å². The average Bonchev–Trinajstić information content (AvgIpc) is 2.86. The maximum atomic E-state index is 10.7. The molecule has 1 aromatic heterocycles. The number of nitrogens with zero attached hydrogens (tertiary/aromatic N) is 1. The van der Waals surface area contributed by atoms with Crippen molar-refractivity contribution in [2.45, 2.75) is 13.5 Å². The first kappa shape index (κ1) is 13.6. The average molecular weight is 277 g/mol. The van der Waals surface area contributed by atoms with Crippen molar-refractivity contribution in [3.63, 3.8) is 0 Å². The zero-order chi connectivity index (χ0) is 14.7. The molecule has 0 aliphatic carbocycles. The van der Waals surface area contributed by atoms with Crippen molar-refractivity contribution in [1.82, 2.24) is 0 Å². The van der Waals surface area contributed by atoms with E-state index < -0.39 is 10.9 Å². The van der Waals surface area contributed by atoms with Crippen LogP contribution in [0, 0.1) is 17.0 Å². The Morgan fingerprint density at radius 3 is 2.75 bits per heavy atom. The number of aryl methyl sites for hydroxylation is 1. The van der Waals surface area contributed by atoms with Crippen LogP contribution in [0.2, 0.25) is 0 Å². The molecule has 0 amide bonds. The number of benzene rings is 1. The Bertz CT molecular complexity index is 661. The lowest BCUT2D eigenvalue weighted by Gasteiger charge is -2.07. The van der Waals surface area contributed by atoms with Crippen molar-refractivity contribution in [1.29, 1.82) is 0 Å². The molecule has 0 bridgehead atoms. The summed E-state index contributed by atoms with van der Waals surface area (Å²) in [5, 5.41) is 19.3. The Kier molecular flexibility index (Phi) is 3.69. The highest BCUT2D eigenvalue weighted by atomic mass is 16.6. The summed E-state index contributed by atoms with van der Waals surface area (Å²) in [6.07, 6.45) is 1.13. The number of hydrogen-bond acceptors (Lipinski definition) is 5. The predicted molar refractivity (Wildman–Crippen MR) is 67.8 cm³/mol. The Balaban J connectivity index is 2.06. The molecule has 0 spiro atoms. The van der Waals surface area contributed by atoms with Gasteiger partial charge >= 0.3 is 5.97 Å². The fourth-order valence-electron chi connectivity index (χ4n) is 1.63. The lowest BCUT2D eigenvalue weighted by atomic mass is 10.2. The summed E-state index contributed by atoms with van der Waals surface area (Å²) in [5.41, 5.74) is 0.647. The van der Waals surface area contributed by atoms with Crippen molar-refractivity contribution >= 4 is 11.7 Å². The molecule has 7 nitrogen and oxygen atoms in total. The van der Waals surface area contributed by atoms with Crippen molar-refractivity contribution in [3.05, 3.63) is 57.5 Å². The van der Waals surface area contributed by atoms with Crippen molar-refractivity contribution in [2.75, 3.05) is 0 Å². The number of non-ortho nitro benzene ring substituents is 1. The highest BCUT2D eigenvalue weighted by molar-refractivity contribution is 5.87. The van der Waals surface area contributed by atoms with Crippen LogP contribution in [0.1, 0.15) is 21.7 Å². The molecule has 1 N–H and O–H groups in total. The Morgan fingerprint density at radius 1 is 1.45 bits per heavy atom. The first-order valence-corrected chi connectivity index (χ1v) is 5.66. The maximum Gasteiger partial charge on any atom is 0.338 e. The topological polar surface area (TPSA) is 103 Å². The molecule has 0 aliphatic rings. The molecule has 1 aromatic carbocycles. The third-order valence-electron chi connectivity index (χ3n) is 2.64. The number of carbonyl (C=O) groups is 1. The number of nitro groups is 1. The summed E-state index contributed by atoms with van der Waals surface area (Å²) in [4.78, 5) is 20.8. The van der Waals surface area contributed by atoms with Gasteiger partial charge in [0, 0.05) is 12.1 Å². The van der Waals surface area contributed by atoms with E-state index in [9.17, 15) is 14.9 Å². The van der Waals surface area contributed by atoms with Gasteiger partial charge in [-0.2, -0.15) is 0 Å². The molecule has 1 heterocycles. The molecular weight excluding hydrogens is 266 g/mol. The molecule has 0 aliphatic heterocycles. The van der Waals surface area contributed by atoms with E-state index in [-0.39, 0.29) is 17.9 Å². The predicted octanol–water partition coefficient (Wildman–Crippen LogP) is 2.77. The van der Waals surface area contributed by atoms with Crippen LogP contribution in [0.15, 0.2) is 34.9 Å². The van der Waals surface area contributed by atoms with E-state index in [1.807, 2.05) is 0 Å². The van der Waals surface area contributed by atoms with Gasteiger partial charge in [0.15, 0.2) is 0 Å². The molecule has 0 radical (unpaired) electrons. The second kappa shape index (κ2) is 5.43. The van der Waals surface area contributed by atoms with Gasteiger partial charge in [-0.15, -0.1) is 0 Å². The second-order valence-corrected chi connectivity index (χ2v) is 4.10. The molecule has 2 rings (SSSR count). The van der Waals surface area contributed by atoms with Gasteiger partial charge in [-0.3, -0.25) is 10.1 Å². The van der Waals surface area contributed by atoms with E-state index >= 15 is 0 Å². The normalized spacial score (nSPS) is 10.2. The zero-order valence-electron chi connectivity index (χ0n) is 10.5. The number of furan rings is 1. The fraction of sp³-hybridized carbons (Fsp3) is 0.154. The molecule has 20 heavy (non-hydrogen) atoms. The standard InChI is InChI=1S/C13H11NO6/c1-8-4-10(14(17)18)2-3-12(8)20-7-11-5-9(6-19-11)13(15)16/h2-6H,7H2,1H3,(H,15,16). The van der Waals surface area contributed by atoms with E-state index in [0.29, 0.717) is 17.1 Å².